The fourth-order valence-corrected chi connectivity index (χ4v) is 3.78. The molecule has 2 aromatic carbocycles. The standard InChI is InChI=1S/C24H26BrFN2O/c1-2-3-4-13-28(24(29)20-9-6-10-21(25)16-20)18-23-12-7-14-27(23)17-19-8-5-11-22(26)15-19/h5-12,14-16H,2-4,13,17-18H2,1H3. The van der Waals surface area contributed by atoms with Crippen LogP contribution in [-0.2, 0) is 13.1 Å². The molecule has 0 aliphatic rings. The van der Waals surface area contributed by atoms with Gasteiger partial charge in [-0.3, -0.25) is 4.79 Å². The van der Waals surface area contributed by atoms with Crippen molar-refractivity contribution in [2.75, 3.05) is 6.54 Å². The van der Waals surface area contributed by atoms with Gasteiger partial charge < -0.3 is 9.47 Å². The Morgan fingerprint density at radius 1 is 1.07 bits per heavy atom. The maximum absolute atomic E-state index is 13.5. The minimum absolute atomic E-state index is 0.0286. The molecule has 1 amide bonds. The number of carbonyl (C=O) groups excluding carboxylic acids is 1. The fourth-order valence-electron chi connectivity index (χ4n) is 3.38. The first-order valence-corrected chi connectivity index (χ1v) is 10.8. The van der Waals surface area contributed by atoms with Crippen molar-refractivity contribution < 1.29 is 9.18 Å². The quantitative estimate of drug-likeness (QED) is 0.348. The molecule has 0 atom stereocenters. The van der Waals surface area contributed by atoms with Crippen molar-refractivity contribution in [1.29, 1.82) is 0 Å². The number of carbonyl (C=O) groups is 1. The van der Waals surface area contributed by atoms with Crippen molar-refractivity contribution in [2.24, 2.45) is 0 Å². The lowest BCUT2D eigenvalue weighted by Crippen LogP contribution is -2.32. The van der Waals surface area contributed by atoms with E-state index in [9.17, 15) is 9.18 Å². The molecule has 0 unspecified atom stereocenters. The summed E-state index contributed by atoms with van der Waals surface area (Å²) in [5, 5.41) is 0. The molecule has 0 fully saturated rings. The Balaban J connectivity index is 1.79. The molecular formula is C24H26BrFN2O. The lowest BCUT2D eigenvalue weighted by Gasteiger charge is -2.24. The highest BCUT2D eigenvalue weighted by atomic mass is 79.9. The average molecular weight is 457 g/mol. The van der Waals surface area contributed by atoms with E-state index in [1.807, 2.05) is 53.6 Å². The monoisotopic (exact) mass is 456 g/mol. The molecular weight excluding hydrogens is 431 g/mol. The molecule has 152 valence electrons. The first kappa shape index (κ1) is 21.3. The van der Waals surface area contributed by atoms with Gasteiger partial charge in [0, 0.05) is 35.0 Å². The zero-order chi connectivity index (χ0) is 20.6. The molecule has 0 radical (unpaired) electrons. The van der Waals surface area contributed by atoms with Gasteiger partial charge in [0.1, 0.15) is 5.82 Å². The Kier molecular flexibility index (Phi) is 7.64. The van der Waals surface area contributed by atoms with Crippen molar-refractivity contribution in [3.63, 3.8) is 0 Å². The zero-order valence-electron chi connectivity index (χ0n) is 16.7. The number of aromatic nitrogens is 1. The van der Waals surface area contributed by atoms with E-state index in [4.69, 9.17) is 0 Å². The number of hydrogen-bond donors (Lipinski definition) is 0. The predicted octanol–water partition coefficient (Wildman–Crippen LogP) is 6.27. The number of nitrogens with zero attached hydrogens (tertiary/aromatic N) is 2. The number of rotatable bonds is 9. The molecule has 3 aromatic rings. The largest absolute Gasteiger partial charge is 0.345 e. The maximum Gasteiger partial charge on any atom is 0.254 e. The Hall–Kier alpha value is -2.40. The number of halogens is 2. The number of unbranched alkanes of at least 4 members (excludes halogenated alkanes) is 2. The summed E-state index contributed by atoms with van der Waals surface area (Å²) in [6.45, 7) is 3.97. The SMILES string of the molecule is CCCCCN(Cc1cccn1Cc1cccc(F)c1)C(=O)c1cccc(Br)c1. The van der Waals surface area contributed by atoms with Crippen LogP contribution in [0.4, 0.5) is 4.39 Å². The Bertz CT molecular complexity index is 953. The lowest BCUT2D eigenvalue weighted by molar-refractivity contribution is 0.0736. The zero-order valence-corrected chi connectivity index (χ0v) is 18.2. The smallest absolute Gasteiger partial charge is 0.254 e. The molecule has 29 heavy (non-hydrogen) atoms. The molecule has 1 aromatic heterocycles. The number of benzene rings is 2. The molecule has 5 heteroatoms. The minimum Gasteiger partial charge on any atom is -0.345 e. The van der Waals surface area contributed by atoms with Crippen LogP contribution < -0.4 is 0 Å². The van der Waals surface area contributed by atoms with Crippen LogP contribution in [0.2, 0.25) is 0 Å². The van der Waals surface area contributed by atoms with Gasteiger partial charge in [-0.25, -0.2) is 4.39 Å². The van der Waals surface area contributed by atoms with Crippen molar-refractivity contribution in [1.82, 2.24) is 9.47 Å². The molecule has 0 N–H and O–H groups in total. The summed E-state index contributed by atoms with van der Waals surface area (Å²) in [5.74, 6) is -0.205. The molecule has 0 spiro atoms. The minimum atomic E-state index is -0.234. The van der Waals surface area contributed by atoms with Gasteiger partial charge in [0.15, 0.2) is 0 Å². The van der Waals surface area contributed by atoms with Gasteiger partial charge in [-0.2, -0.15) is 0 Å². The summed E-state index contributed by atoms with van der Waals surface area (Å²) in [6, 6.07) is 18.2. The van der Waals surface area contributed by atoms with Crippen LogP contribution >= 0.6 is 15.9 Å². The first-order chi connectivity index (χ1) is 14.1. The van der Waals surface area contributed by atoms with Crippen molar-refractivity contribution >= 4 is 21.8 Å². The lowest BCUT2D eigenvalue weighted by atomic mass is 10.1. The van der Waals surface area contributed by atoms with Crippen molar-refractivity contribution in [2.45, 2.75) is 39.3 Å². The summed E-state index contributed by atoms with van der Waals surface area (Å²) in [6.07, 6.45) is 5.15. The summed E-state index contributed by atoms with van der Waals surface area (Å²) < 4.78 is 16.5. The van der Waals surface area contributed by atoms with Gasteiger partial charge in [0.25, 0.3) is 5.91 Å². The van der Waals surface area contributed by atoms with Crippen LogP contribution in [0, 0.1) is 5.82 Å². The summed E-state index contributed by atoms with van der Waals surface area (Å²) in [4.78, 5) is 15.1. The summed E-state index contributed by atoms with van der Waals surface area (Å²) >= 11 is 3.45. The fraction of sp³-hybridized carbons (Fsp3) is 0.292. The van der Waals surface area contributed by atoms with E-state index in [1.165, 1.54) is 6.07 Å². The van der Waals surface area contributed by atoms with Gasteiger partial charge in [-0.15, -0.1) is 0 Å². The first-order valence-electron chi connectivity index (χ1n) is 10.00. The molecule has 3 nitrogen and oxygen atoms in total. The van der Waals surface area contributed by atoms with E-state index in [0.29, 0.717) is 25.2 Å². The molecule has 1 heterocycles. The molecule has 0 aliphatic heterocycles. The van der Waals surface area contributed by atoms with E-state index in [0.717, 1.165) is 35.0 Å². The van der Waals surface area contributed by atoms with E-state index in [1.54, 1.807) is 12.1 Å². The van der Waals surface area contributed by atoms with Crippen molar-refractivity contribution in [3.05, 3.63) is 94.0 Å². The second kappa shape index (κ2) is 10.4. The maximum atomic E-state index is 13.5. The Morgan fingerprint density at radius 3 is 2.66 bits per heavy atom. The molecule has 0 aliphatic carbocycles. The van der Waals surface area contributed by atoms with E-state index >= 15 is 0 Å². The summed E-state index contributed by atoms with van der Waals surface area (Å²) in [5.41, 5.74) is 2.62. The molecule has 3 rings (SSSR count). The van der Waals surface area contributed by atoms with Crippen molar-refractivity contribution in [3.8, 4) is 0 Å². The van der Waals surface area contributed by atoms with Gasteiger partial charge in [0.05, 0.1) is 6.54 Å². The third kappa shape index (κ3) is 6.04. The van der Waals surface area contributed by atoms with Crippen LogP contribution in [0.1, 0.15) is 47.8 Å². The van der Waals surface area contributed by atoms with Gasteiger partial charge in [0.2, 0.25) is 0 Å². The second-order valence-electron chi connectivity index (χ2n) is 7.20. The van der Waals surface area contributed by atoms with E-state index in [-0.39, 0.29) is 11.7 Å². The second-order valence-corrected chi connectivity index (χ2v) is 8.12. The van der Waals surface area contributed by atoms with Gasteiger partial charge in [-0.1, -0.05) is 53.9 Å². The molecule has 0 saturated carbocycles. The van der Waals surface area contributed by atoms with Crippen LogP contribution in [0.3, 0.4) is 0 Å². The van der Waals surface area contributed by atoms with Crippen LogP contribution in [-0.4, -0.2) is 21.9 Å². The Morgan fingerprint density at radius 2 is 1.90 bits per heavy atom. The van der Waals surface area contributed by atoms with E-state index in [2.05, 4.69) is 27.4 Å². The highest BCUT2D eigenvalue weighted by Gasteiger charge is 2.18. The van der Waals surface area contributed by atoms with Crippen LogP contribution in [0.15, 0.2) is 71.3 Å². The topological polar surface area (TPSA) is 25.2 Å². The Labute approximate surface area is 180 Å². The predicted molar refractivity (Wildman–Crippen MR) is 118 cm³/mol. The molecule has 0 bridgehead atoms. The number of hydrogen-bond acceptors (Lipinski definition) is 1. The number of amides is 1. The van der Waals surface area contributed by atoms with Gasteiger partial charge >= 0.3 is 0 Å². The van der Waals surface area contributed by atoms with Gasteiger partial charge in [-0.05, 0) is 54.4 Å². The highest BCUT2D eigenvalue weighted by molar-refractivity contribution is 9.10. The normalized spacial score (nSPS) is 10.9. The average Bonchev–Trinajstić information content (AvgIpc) is 3.13. The van der Waals surface area contributed by atoms with Crippen LogP contribution in [0.5, 0.6) is 0 Å². The summed E-state index contributed by atoms with van der Waals surface area (Å²) in [7, 11) is 0. The third-order valence-corrected chi connectivity index (χ3v) is 5.40. The molecule has 0 saturated heterocycles. The highest BCUT2D eigenvalue weighted by Crippen LogP contribution is 2.17. The third-order valence-electron chi connectivity index (χ3n) is 4.91. The van der Waals surface area contributed by atoms with Crippen LogP contribution in [0.25, 0.3) is 0 Å². The van der Waals surface area contributed by atoms with E-state index < -0.39 is 0 Å².